The number of aromatic carboxylic acids is 1. The third kappa shape index (κ3) is 5.70. The minimum atomic E-state index is -3.70. The Bertz CT molecular complexity index is 608. The van der Waals surface area contributed by atoms with Gasteiger partial charge in [-0.1, -0.05) is 23.2 Å². The Hall–Kier alpha value is -1.02. The first-order valence-corrected chi connectivity index (χ1v) is 8.37. The number of anilines is 1. The van der Waals surface area contributed by atoms with Crippen molar-refractivity contribution in [1.29, 1.82) is 0 Å². The van der Waals surface area contributed by atoms with Gasteiger partial charge in [0.15, 0.2) is 0 Å². The van der Waals surface area contributed by atoms with Crippen molar-refractivity contribution in [3.05, 3.63) is 27.7 Å². The fourth-order valence-electron chi connectivity index (χ4n) is 1.39. The zero-order chi connectivity index (χ0) is 16.2. The number of hydrogen-bond donors (Lipinski definition) is 2. The van der Waals surface area contributed by atoms with Crippen LogP contribution in [-0.4, -0.2) is 38.0 Å². The summed E-state index contributed by atoms with van der Waals surface area (Å²) in [4.78, 5) is 10.8. The van der Waals surface area contributed by atoms with Crippen LogP contribution in [0, 0.1) is 0 Å². The van der Waals surface area contributed by atoms with Crippen molar-refractivity contribution in [3.63, 3.8) is 0 Å². The Morgan fingerprint density at radius 2 is 1.86 bits per heavy atom. The second-order valence-electron chi connectivity index (χ2n) is 4.46. The number of benzene rings is 1. The summed E-state index contributed by atoms with van der Waals surface area (Å²) < 4.78 is 31.2. The summed E-state index contributed by atoms with van der Waals surface area (Å²) >= 11 is 11.7. The number of carbonyl (C=O) groups is 1. The van der Waals surface area contributed by atoms with Crippen molar-refractivity contribution < 1.29 is 23.1 Å². The van der Waals surface area contributed by atoms with Gasteiger partial charge in [-0.15, -0.1) is 0 Å². The lowest BCUT2D eigenvalue weighted by Gasteiger charge is -2.13. The van der Waals surface area contributed by atoms with Gasteiger partial charge < -0.3 is 9.84 Å². The van der Waals surface area contributed by atoms with Gasteiger partial charge in [-0.3, -0.25) is 4.72 Å². The van der Waals surface area contributed by atoms with E-state index in [1.165, 1.54) is 0 Å². The Balaban J connectivity index is 2.90. The van der Waals surface area contributed by atoms with Crippen LogP contribution >= 0.6 is 23.2 Å². The average molecular weight is 356 g/mol. The molecule has 0 saturated heterocycles. The second kappa shape index (κ2) is 7.31. The molecule has 0 atom stereocenters. The van der Waals surface area contributed by atoms with E-state index >= 15 is 0 Å². The van der Waals surface area contributed by atoms with Crippen molar-refractivity contribution >= 4 is 44.9 Å². The predicted octanol–water partition coefficient (Wildman–Crippen LogP) is 2.86. The molecule has 0 bridgehead atoms. The van der Waals surface area contributed by atoms with E-state index in [1.54, 1.807) is 13.8 Å². The molecule has 0 aliphatic carbocycles. The molecular weight excluding hydrogens is 341 g/mol. The third-order valence-electron chi connectivity index (χ3n) is 2.35. The van der Waals surface area contributed by atoms with Gasteiger partial charge in [0.25, 0.3) is 0 Å². The lowest BCUT2D eigenvalue weighted by Crippen LogP contribution is -2.22. The van der Waals surface area contributed by atoms with Gasteiger partial charge in [-0.25, -0.2) is 13.2 Å². The Morgan fingerprint density at radius 1 is 1.33 bits per heavy atom. The van der Waals surface area contributed by atoms with E-state index in [4.69, 9.17) is 33.0 Å². The van der Waals surface area contributed by atoms with Crippen molar-refractivity contribution in [1.82, 2.24) is 0 Å². The van der Waals surface area contributed by atoms with E-state index in [0.717, 1.165) is 12.1 Å². The first-order valence-electron chi connectivity index (χ1n) is 5.97. The summed E-state index contributed by atoms with van der Waals surface area (Å²) in [5, 5.41) is 8.67. The van der Waals surface area contributed by atoms with E-state index in [0.29, 0.717) is 0 Å². The fraction of sp³-hybridized carbons (Fsp3) is 0.417. The second-order valence-corrected chi connectivity index (χ2v) is 7.12. The van der Waals surface area contributed by atoms with Crippen LogP contribution in [0.25, 0.3) is 0 Å². The summed E-state index contributed by atoms with van der Waals surface area (Å²) in [5.41, 5.74) is -0.177. The molecule has 0 aromatic heterocycles. The van der Waals surface area contributed by atoms with Crippen molar-refractivity contribution in [3.8, 4) is 0 Å². The molecular formula is C12H15Cl2NO5S. The van der Waals surface area contributed by atoms with Crippen LogP contribution in [0.15, 0.2) is 12.1 Å². The predicted molar refractivity (Wildman–Crippen MR) is 81.9 cm³/mol. The van der Waals surface area contributed by atoms with E-state index < -0.39 is 16.0 Å². The van der Waals surface area contributed by atoms with Gasteiger partial charge in [-0.2, -0.15) is 0 Å². The number of hydrogen-bond acceptors (Lipinski definition) is 4. The molecule has 0 radical (unpaired) electrons. The Kier molecular flexibility index (Phi) is 6.27. The molecule has 0 aliphatic heterocycles. The molecule has 1 rings (SSSR count). The summed E-state index contributed by atoms with van der Waals surface area (Å²) in [7, 11) is -3.70. The molecule has 2 N–H and O–H groups in total. The quantitative estimate of drug-likeness (QED) is 0.784. The fourth-order valence-corrected chi connectivity index (χ4v) is 3.04. The number of halogens is 2. The maximum atomic E-state index is 11.9. The standard InChI is InChI=1S/C12H15Cl2NO5S/c1-7(2)20-3-4-21(18,19)15-11-9(13)5-8(12(16)17)6-10(11)14/h5-7,15H,3-4H2,1-2H3,(H,16,17). The molecule has 0 amide bonds. The van der Waals surface area contributed by atoms with E-state index in [9.17, 15) is 13.2 Å². The maximum absolute atomic E-state index is 11.9. The highest BCUT2D eigenvalue weighted by atomic mass is 35.5. The molecule has 1 aromatic rings. The molecule has 0 spiro atoms. The van der Waals surface area contributed by atoms with Gasteiger partial charge in [0.2, 0.25) is 10.0 Å². The smallest absolute Gasteiger partial charge is 0.335 e. The van der Waals surface area contributed by atoms with E-state index in [-0.39, 0.29) is 39.8 Å². The average Bonchev–Trinajstić information content (AvgIpc) is 2.32. The highest BCUT2D eigenvalue weighted by molar-refractivity contribution is 7.92. The number of ether oxygens (including phenoxy) is 1. The number of carboxylic acids is 1. The van der Waals surface area contributed by atoms with Crippen LogP contribution in [0.5, 0.6) is 0 Å². The van der Waals surface area contributed by atoms with E-state index in [2.05, 4.69) is 4.72 Å². The zero-order valence-corrected chi connectivity index (χ0v) is 13.7. The molecule has 21 heavy (non-hydrogen) atoms. The van der Waals surface area contributed by atoms with Crippen molar-refractivity contribution in [2.24, 2.45) is 0 Å². The summed E-state index contributed by atoms with van der Waals surface area (Å²) in [6, 6.07) is 2.25. The lowest BCUT2D eigenvalue weighted by molar-refractivity contribution is 0.0697. The third-order valence-corrected chi connectivity index (χ3v) is 4.17. The van der Waals surface area contributed by atoms with Crippen LogP contribution in [0.1, 0.15) is 24.2 Å². The normalized spacial score (nSPS) is 11.7. The Morgan fingerprint density at radius 3 is 2.29 bits per heavy atom. The highest BCUT2D eigenvalue weighted by Gasteiger charge is 2.18. The van der Waals surface area contributed by atoms with E-state index in [1.807, 2.05) is 0 Å². The van der Waals surface area contributed by atoms with Gasteiger partial charge in [0.05, 0.1) is 39.8 Å². The van der Waals surface area contributed by atoms with Gasteiger partial charge in [-0.05, 0) is 26.0 Å². The summed E-state index contributed by atoms with van der Waals surface area (Å²) in [6.45, 7) is 3.60. The molecule has 0 heterocycles. The monoisotopic (exact) mass is 355 g/mol. The number of rotatable bonds is 7. The lowest BCUT2D eigenvalue weighted by atomic mass is 10.2. The first kappa shape index (κ1) is 18.0. The number of sulfonamides is 1. The molecule has 0 fully saturated rings. The molecule has 0 unspecified atom stereocenters. The topological polar surface area (TPSA) is 92.7 Å². The summed E-state index contributed by atoms with van der Waals surface area (Å²) in [6.07, 6.45) is -0.0813. The molecule has 118 valence electrons. The van der Waals surface area contributed by atoms with Gasteiger partial charge >= 0.3 is 5.97 Å². The van der Waals surface area contributed by atoms with Crippen LogP contribution in [0.2, 0.25) is 10.0 Å². The molecule has 9 heteroatoms. The zero-order valence-electron chi connectivity index (χ0n) is 11.4. The molecule has 6 nitrogen and oxygen atoms in total. The van der Waals surface area contributed by atoms with Gasteiger partial charge in [0.1, 0.15) is 0 Å². The van der Waals surface area contributed by atoms with Crippen molar-refractivity contribution in [2.45, 2.75) is 20.0 Å². The maximum Gasteiger partial charge on any atom is 0.335 e. The summed E-state index contributed by atoms with van der Waals surface area (Å²) in [5.74, 6) is -1.48. The van der Waals surface area contributed by atoms with Crippen LogP contribution < -0.4 is 4.72 Å². The highest BCUT2D eigenvalue weighted by Crippen LogP contribution is 2.32. The molecule has 1 aromatic carbocycles. The van der Waals surface area contributed by atoms with Crippen molar-refractivity contribution in [2.75, 3.05) is 17.1 Å². The Labute approximate surface area is 133 Å². The first-order chi connectivity index (χ1) is 9.62. The number of carboxylic acid groups (broad SMARTS) is 1. The molecule has 0 aliphatic rings. The van der Waals surface area contributed by atoms with Crippen LogP contribution in [-0.2, 0) is 14.8 Å². The van der Waals surface area contributed by atoms with Crippen LogP contribution in [0.4, 0.5) is 5.69 Å². The van der Waals surface area contributed by atoms with Gasteiger partial charge in [0, 0.05) is 0 Å². The number of nitrogens with one attached hydrogen (secondary N) is 1. The largest absolute Gasteiger partial charge is 0.478 e. The SMILES string of the molecule is CC(C)OCCS(=O)(=O)Nc1c(Cl)cc(C(=O)O)cc1Cl. The minimum absolute atomic E-state index is 0.0233. The van der Waals surface area contributed by atoms with Crippen LogP contribution in [0.3, 0.4) is 0 Å². The minimum Gasteiger partial charge on any atom is -0.478 e. The molecule has 0 saturated carbocycles.